The van der Waals surface area contributed by atoms with Crippen molar-refractivity contribution in [3.8, 4) is 0 Å². The molecule has 0 saturated carbocycles. The number of carbonyl (C=O) groups is 2. The molecule has 0 aliphatic carbocycles. The van der Waals surface area contributed by atoms with Crippen LogP contribution in [0.15, 0.2) is 66.7 Å². The summed E-state index contributed by atoms with van der Waals surface area (Å²) in [4.78, 5) is 27.2. The third-order valence-electron chi connectivity index (χ3n) is 6.76. The highest BCUT2D eigenvalue weighted by atomic mass is 16.5. The topological polar surface area (TPSA) is 67.9 Å². The molecule has 0 atom stereocenters. The number of amides is 2. The van der Waals surface area contributed by atoms with Gasteiger partial charge in [-0.25, -0.2) is 0 Å². The fourth-order valence-electron chi connectivity index (χ4n) is 4.22. The summed E-state index contributed by atoms with van der Waals surface area (Å²) in [6, 6.07) is 22.5. The zero-order valence-electron chi connectivity index (χ0n) is 27.7. The number of nitrogens with zero attached hydrogens (tertiary/aromatic N) is 1. The first kappa shape index (κ1) is 36.0. The maximum Gasteiger partial charge on any atom is 0.223 e. The minimum absolute atomic E-state index is 0.0452. The second-order valence-corrected chi connectivity index (χ2v) is 12.8. The van der Waals surface area contributed by atoms with Crippen molar-refractivity contribution in [3.63, 3.8) is 0 Å². The lowest BCUT2D eigenvalue weighted by Gasteiger charge is -2.26. The summed E-state index contributed by atoms with van der Waals surface area (Å²) in [7, 11) is 0. The first-order chi connectivity index (χ1) is 20.3. The molecule has 2 amide bonds. The van der Waals surface area contributed by atoms with Crippen LogP contribution in [0.3, 0.4) is 0 Å². The van der Waals surface area contributed by atoms with Gasteiger partial charge in [0.1, 0.15) is 0 Å². The Morgan fingerprint density at radius 3 is 2.12 bits per heavy atom. The second-order valence-electron chi connectivity index (χ2n) is 12.8. The highest BCUT2D eigenvalue weighted by Crippen LogP contribution is 2.18. The Hall–Kier alpha value is -3.22. The Morgan fingerprint density at radius 2 is 1.49 bits per heavy atom. The molecule has 0 unspecified atom stereocenters. The molecule has 0 bridgehead atoms. The average molecular weight is 591 g/mol. The van der Waals surface area contributed by atoms with Gasteiger partial charge in [-0.2, -0.15) is 0 Å². The van der Waals surface area contributed by atoms with Crippen molar-refractivity contribution < 1.29 is 19.1 Å². The first-order valence-electron chi connectivity index (χ1n) is 15.7. The molecule has 0 aliphatic rings. The van der Waals surface area contributed by atoms with Gasteiger partial charge in [0.05, 0.1) is 18.3 Å². The molecular weight excluding hydrogens is 536 g/mol. The quantitative estimate of drug-likeness (QED) is 0.208. The van der Waals surface area contributed by atoms with Crippen LogP contribution < -0.4 is 5.32 Å². The van der Waals surface area contributed by atoms with Crippen molar-refractivity contribution in [2.45, 2.75) is 99.4 Å². The van der Waals surface area contributed by atoms with Gasteiger partial charge in [-0.1, -0.05) is 80.1 Å². The van der Waals surface area contributed by atoms with E-state index in [-0.39, 0.29) is 30.3 Å². The molecule has 1 N–H and O–H groups in total. The monoisotopic (exact) mass is 590 g/mol. The molecular formula is C37H54N2O4. The molecule has 0 aliphatic heterocycles. The smallest absolute Gasteiger partial charge is 0.223 e. The van der Waals surface area contributed by atoms with Gasteiger partial charge in [0, 0.05) is 39.1 Å². The summed E-state index contributed by atoms with van der Waals surface area (Å²) >= 11 is 0. The number of hydrogen-bond donors (Lipinski definition) is 1. The van der Waals surface area contributed by atoms with Gasteiger partial charge in [-0.3, -0.25) is 9.59 Å². The Balaban J connectivity index is 0.000000621. The number of aryl methyl sites for hydroxylation is 1. The minimum atomic E-state index is -0.270. The van der Waals surface area contributed by atoms with Crippen molar-refractivity contribution in [2.24, 2.45) is 5.92 Å². The lowest BCUT2D eigenvalue weighted by atomic mass is 10.1. The van der Waals surface area contributed by atoms with Crippen molar-refractivity contribution in [3.05, 3.63) is 83.4 Å². The molecule has 0 heterocycles. The number of ether oxygens (including phenoxy) is 2. The molecule has 0 spiro atoms. The summed E-state index contributed by atoms with van der Waals surface area (Å²) in [5.74, 6) is 0.602. The van der Waals surface area contributed by atoms with Crippen LogP contribution in [0.2, 0.25) is 0 Å². The van der Waals surface area contributed by atoms with Crippen LogP contribution in [-0.4, -0.2) is 48.2 Å². The number of rotatable bonds is 14. The van der Waals surface area contributed by atoms with Gasteiger partial charge < -0.3 is 19.7 Å². The summed E-state index contributed by atoms with van der Waals surface area (Å²) in [6.45, 7) is 19.4. The Kier molecular flexibility index (Phi) is 15.4. The third kappa shape index (κ3) is 15.7. The lowest BCUT2D eigenvalue weighted by molar-refractivity contribution is -0.135. The normalized spacial score (nSPS) is 11.4. The van der Waals surface area contributed by atoms with E-state index in [9.17, 15) is 9.59 Å². The highest BCUT2D eigenvalue weighted by Gasteiger charge is 2.18. The summed E-state index contributed by atoms with van der Waals surface area (Å²) in [5, 5.41) is 5.23. The zero-order valence-corrected chi connectivity index (χ0v) is 27.7. The lowest BCUT2D eigenvalue weighted by Crippen LogP contribution is -2.36. The van der Waals surface area contributed by atoms with Gasteiger partial charge in [-0.05, 0) is 81.8 Å². The predicted molar refractivity (Wildman–Crippen MR) is 178 cm³/mol. The van der Waals surface area contributed by atoms with E-state index in [1.54, 1.807) is 4.90 Å². The van der Waals surface area contributed by atoms with E-state index in [0.717, 1.165) is 29.0 Å². The Labute approximate surface area is 260 Å². The number of fused-ring (bicyclic) bond motifs is 1. The standard InChI is InChI=1S/C29H36N2O3.C8H18O/c1-22-9-11-23(12-10-22)20-30-27(32)15-16-28(33)31(17-18-34-29(2,3)4)21-24-13-14-25-7-5-6-8-26(25)19-24;1-7(2)5-6-9-8(3)4/h5-14,19H,15-18,20-21H2,1-4H3,(H,30,32);7-8H,5-6H2,1-4H3. The van der Waals surface area contributed by atoms with E-state index in [0.29, 0.717) is 32.3 Å². The van der Waals surface area contributed by atoms with Crippen LogP contribution in [0.25, 0.3) is 10.8 Å². The van der Waals surface area contributed by atoms with Crippen LogP contribution in [0, 0.1) is 12.8 Å². The van der Waals surface area contributed by atoms with E-state index >= 15 is 0 Å². The SMILES string of the molecule is CC(C)CCOC(C)C.Cc1ccc(CNC(=O)CCC(=O)N(CCOC(C)(C)C)Cc2ccc3ccccc3c2)cc1. The van der Waals surface area contributed by atoms with Crippen molar-refractivity contribution >= 4 is 22.6 Å². The zero-order chi connectivity index (χ0) is 31.8. The molecule has 6 nitrogen and oxygen atoms in total. The maximum atomic E-state index is 13.1. The van der Waals surface area contributed by atoms with Crippen molar-refractivity contribution in [1.82, 2.24) is 10.2 Å². The largest absolute Gasteiger partial charge is 0.379 e. The Morgan fingerprint density at radius 1 is 0.837 bits per heavy atom. The summed E-state index contributed by atoms with van der Waals surface area (Å²) in [6.07, 6.45) is 1.91. The van der Waals surface area contributed by atoms with Crippen LogP contribution in [0.4, 0.5) is 0 Å². The van der Waals surface area contributed by atoms with Gasteiger partial charge in [0.2, 0.25) is 11.8 Å². The van der Waals surface area contributed by atoms with Crippen molar-refractivity contribution in [2.75, 3.05) is 19.8 Å². The molecule has 0 fully saturated rings. The molecule has 0 saturated heterocycles. The average Bonchev–Trinajstić information content (AvgIpc) is 2.94. The van der Waals surface area contributed by atoms with E-state index in [2.05, 4.69) is 63.3 Å². The van der Waals surface area contributed by atoms with E-state index in [4.69, 9.17) is 9.47 Å². The molecule has 43 heavy (non-hydrogen) atoms. The van der Waals surface area contributed by atoms with E-state index in [1.165, 1.54) is 17.4 Å². The van der Waals surface area contributed by atoms with E-state index < -0.39 is 0 Å². The highest BCUT2D eigenvalue weighted by molar-refractivity contribution is 5.85. The fraction of sp³-hybridized carbons (Fsp3) is 0.514. The van der Waals surface area contributed by atoms with Crippen molar-refractivity contribution in [1.29, 1.82) is 0 Å². The minimum Gasteiger partial charge on any atom is -0.379 e. The van der Waals surface area contributed by atoms with Crippen LogP contribution in [-0.2, 0) is 32.2 Å². The second kappa shape index (κ2) is 18.4. The molecule has 3 aromatic carbocycles. The van der Waals surface area contributed by atoms with Gasteiger partial charge in [0.15, 0.2) is 0 Å². The molecule has 236 valence electrons. The number of carbonyl (C=O) groups excluding carboxylic acids is 2. The molecule has 3 rings (SSSR count). The number of nitrogens with one attached hydrogen (secondary N) is 1. The summed E-state index contributed by atoms with van der Waals surface area (Å²) < 4.78 is 11.2. The molecule has 6 heteroatoms. The number of hydrogen-bond acceptors (Lipinski definition) is 4. The maximum absolute atomic E-state index is 13.1. The Bertz CT molecular complexity index is 1240. The van der Waals surface area contributed by atoms with Crippen LogP contribution in [0.5, 0.6) is 0 Å². The van der Waals surface area contributed by atoms with Gasteiger partial charge >= 0.3 is 0 Å². The van der Waals surface area contributed by atoms with Crippen LogP contribution in [0.1, 0.15) is 84.4 Å². The first-order valence-corrected chi connectivity index (χ1v) is 15.7. The van der Waals surface area contributed by atoms with Gasteiger partial charge in [-0.15, -0.1) is 0 Å². The predicted octanol–water partition coefficient (Wildman–Crippen LogP) is 7.85. The fourth-order valence-corrected chi connectivity index (χ4v) is 4.22. The third-order valence-corrected chi connectivity index (χ3v) is 6.76. The molecule has 0 radical (unpaired) electrons. The van der Waals surface area contributed by atoms with Crippen LogP contribution >= 0.6 is 0 Å². The van der Waals surface area contributed by atoms with E-state index in [1.807, 2.05) is 64.1 Å². The molecule has 3 aromatic rings. The molecule has 0 aromatic heterocycles. The number of benzene rings is 3. The van der Waals surface area contributed by atoms with Gasteiger partial charge in [0.25, 0.3) is 0 Å². The summed E-state index contributed by atoms with van der Waals surface area (Å²) in [5.41, 5.74) is 3.02.